The van der Waals surface area contributed by atoms with Gasteiger partial charge in [0.2, 0.25) is 0 Å². The SMILES string of the molecule is Cc1cc(C)c(-c2ccc(-c3ccc(-c4c(C)cc(C)cc4C)cn3)nc2)c(C)c1. The summed E-state index contributed by atoms with van der Waals surface area (Å²) in [5.74, 6) is 0. The Balaban J connectivity index is 1.65. The normalized spacial score (nSPS) is 11.0. The van der Waals surface area contributed by atoms with Gasteiger partial charge in [-0.3, -0.25) is 9.97 Å². The lowest BCUT2D eigenvalue weighted by Gasteiger charge is -2.13. The number of pyridine rings is 2. The fourth-order valence-corrected chi connectivity index (χ4v) is 4.66. The smallest absolute Gasteiger partial charge is 0.0886 e. The van der Waals surface area contributed by atoms with Crippen LogP contribution in [0.15, 0.2) is 60.9 Å². The monoisotopic (exact) mass is 392 g/mol. The molecule has 0 radical (unpaired) electrons. The first-order valence-corrected chi connectivity index (χ1v) is 10.4. The van der Waals surface area contributed by atoms with Gasteiger partial charge in [-0.25, -0.2) is 0 Å². The van der Waals surface area contributed by atoms with Crippen LogP contribution in [0.1, 0.15) is 33.4 Å². The van der Waals surface area contributed by atoms with E-state index in [-0.39, 0.29) is 0 Å². The van der Waals surface area contributed by atoms with Crippen molar-refractivity contribution in [3.63, 3.8) is 0 Å². The highest BCUT2D eigenvalue weighted by molar-refractivity contribution is 5.74. The summed E-state index contributed by atoms with van der Waals surface area (Å²) in [4.78, 5) is 9.43. The van der Waals surface area contributed by atoms with Gasteiger partial charge in [0.05, 0.1) is 11.4 Å². The van der Waals surface area contributed by atoms with E-state index in [9.17, 15) is 0 Å². The minimum absolute atomic E-state index is 0.894. The molecule has 30 heavy (non-hydrogen) atoms. The van der Waals surface area contributed by atoms with Gasteiger partial charge < -0.3 is 0 Å². The number of rotatable bonds is 3. The van der Waals surface area contributed by atoms with E-state index in [1.54, 1.807) is 0 Å². The molecular formula is C28H28N2. The highest BCUT2D eigenvalue weighted by atomic mass is 14.8. The lowest BCUT2D eigenvalue weighted by Crippen LogP contribution is -1.94. The van der Waals surface area contributed by atoms with Crippen LogP contribution in [-0.2, 0) is 0 Å². The predicted octanol–water partition coefficient (Wildman–Crippen LogP) is 7.33. The van der Waals surface area contributed by atoms with Crippen molar-refractivity contribution < 1.29 is 0 Å². The standard InChI is InChI=1S/C28H28N2/c1-17-11-19(3)27(20(4)12-17)23-7-9-25(29-15-23)26-10-8-24(16-30-26)28-21(5)13-18(2)14-22(28)6/h7-16H,1-6H3. The van der Waals surface area contributed by atoms with Crippen molar-refractivity contribution in [3.8, 4) is 33.6 Å². The molecule has 4 aromatic rings. The van der Waals surface area contributed by atoms with Gasteiger partial charge in [-0.2, -0.15) is 0 Å². The second kappa shape index (κ2) is 7.87. The number of aromatic nitrogens is 2. The zero-order valence-electron chi connectivity index (χ0n) is 18.7. The van der Waals surface area contributed by atoms with E-state index < -0.39 is 0 Å². The Morgan fingerprint density at radius 1 is 0.467 bits per heavy atom. The maximum absolute atomic E-state index is 4.72. The third-order valence-corrected chi connectivity index (χ3v) is 5.72. The summed E-state index contributed by atoms with van der Waals surface area (Å²) in [6.45, 7) is 12.9. The van der Waals surface area contributed by atoms with Crippen molar-refractivity contribution in [3.05, 3.63) is 94.3 Å². The highest BCUT2D eigenvalue weighted by Crippen LogP contribution is 2.31. The zero-order chi connectivity index (χ0) is 21.4. The minimum atomic E-state index is 0.894. The van der Waals surface area contributed by atoms with Gasteiger partial charge in [-0.05, 0) is 87.1 Å². The van der Waals surface area contributed by atoms with E-state index in [0.29, 0.717) is 0 Å². The lowest BCUT2D eigenvalue weighted by atomic mass is 9.94. The Morgan fingerprint density at radius 2 is 0.800 bits per heavy atom. The molecule has 0 spiro atoms. The third kappa shape index (κ3) is 3.78. The van der Waals surface area contributed by atoms with Crippen LogP contribution >= 0.6 is 0 Å². The first-order chi connectivity index (χ1) is 14.3. The van der Waals surface area contributed by atoms with Crippen LogP contribution in [0.2, 0.25) is 0 Å². The van der Waals surface area contributed by atoms with Gasteiger partial charge >= 0.3 is 0 Å². The minimum Gasteiger partial charge on any atom is -0.254 e. The van der Waals surface area contributed by atoms with E-state index in [2.05, 4.69) is 90.1 Å². The number of nitrogens with zero attached hydrogens (tertiary/aromatic N) is 2. The summed E-state index contributed by atoms with van der Waals surface area (Å²) in [7, 11) is 0. The van der Waals surface area contributed by atoms with Crippen LogP contribution in [-0.4, -0.2) is 9.97 Å². The van der Waals surface area contributed by atoms with Gasteiger partial charge in [0.15, 0.2) is 0 Å². The Hall–Kier alpha value is -3.26. The first-order valence-electron chi connectivity index (χ1n) is 10.4. The second-order valence-corrected chi connectivity index (χ2v) is 8.41. The van der Waals surface area contributed by atoms with Crippen LogP contribution < -0.4 is 0 Å². The molecule has 0 aliphatic heterocycles. The molecule has 0 N–H and O–H groups in total. The fraction of sp³-hybridized carbons (Fsp3) is 0.214. The Kier molecular flexibility index (Phi) is 5.26. The molecule has 0 amide bonds. The molecule has 4 rings (SSSR count). The van der Waals surface area contributed by atoms with Crippen molar-refractivity contribution in [2.75, 3.05) is 0 Å². The summed E-state index contributed by atoms with van der Waals surface area (Å²) in [5, 5.41) is 0. The average molecular weight is 393 g/mol. The molecule has 0 bridgehead atoms. The predicted molar refractivity (Wildman–Crippen MR) is 127 cm³/mol. The summed E-state index contributed by atoms with van der Waals surface area (Å²) in [6.07, 6.45) is 3.92. The number of hydrogen-bond donors (Lipinski definition) is 0. The van der Waals surface area contributed by atoms with Crippen LogP contribution in [0.25, 0.3) is 33.6 Å². The third-order valence-electron chi connectivity index (χ3n) is 5.72. The average Bonchev–Trinajstić information content (AvgIpc) is 2.67. The molecule has 0 unspecified atom stereocenters. The first kappa shape index (κ1) is 20.0. The zero-order valence-corrected chi connectivity index (χ0v) is 18.7. The molecule has 2 nitrogen and oxygen atoms in total. The van der Waals surface area contributed by atoms with Crippen molar-refractivity contribution in [1.29, 1.82) is 0 Å². The molecule has 0 saturated heterocycles. The van der Waals surface area contributed by atoms with Gasteiger partial charge in [0.25, 0.3) is 0 Å². The van der Waals surface area contributed by atoms with E-state index in [1.165, 1.54) is 44.5 Å². The van der Waals surface area contributed by atoms with Gasteiger partial charge in [0.1, 0.15) is 0 Å². The largest absolute Gasteiger partial charge is 0.254 e. The molecule has 2 aromatic carbocycles. The van der Waals surface area contributed by atoms with Crippen LogP contribution in [0.3, 0.4) is 0 Å². The quantitative estimate of drug-likeness (QED) is 0.365. The number of benzene rings is 2. The highest BCUT2D eigenvalue weighted by Gasteiger charge is 2.10. The molecule has 150 valence electrons. The number of aryl methyl sites for hydroxylation is 6. The lowest BCUT2D eigenvalue weighted by molar-refractivity contribution is 1.23. The molecule has 2 aromatic heterocycles. The van der Waals surface area contributed by atoms with Crippen molar-refractivity contribution in [1.82, 2.24) is 9.97 Å². The van der Waals surface area contributed by atoms with E-state index >= 15 is 0 Å². The summed E-state index contributed by atoms with van der Waals surface area (Å²) in [6, 6.07) is 17.3. The fourth-order valence-electron chi connectivity index (χ4n) is 4.66. The molecular weight excluding hydrogens is 364 g/mol. The maximum Gasteiger partial charge on any atom is 0.0886 e. The maximum atomic E-state index is 4.72. The molecule has 2 heterocycles. The topological polar surface area (TPSA) is 25.8 Å². The van der Waals surface area contributed by atoms with E-state index in [4.69, 9.17) is 9.97 Å². The van der Waals surface area contributed by atoms with Crippen molar-refractivity contribution >= 4 is 0 Å². The molecule has 0 aliphatic carbocycles. The van der Waals surface area contributed by atoms with Crippen LogP contribution in [0.4, 0.5) is 0 Å². The number of hydrogen-bond acceptors (Lipinski definition) is 2. The Labute approximate surface area is 179 Å². The molecule has 0 aliphatic rings. The van der Waals surface area contributed by atoms with Gasteiger partial charge in [0, 0.05) is 23.5 Å². The van der Waals surface area contributed by atoms with Crippen molar-refractivity contribution in [2.24, 2.45) is 0 Å². The van der Waals surface area contributed by atoms with Crippen LogP contribution in [0, 0.1) is 41.5 Å². The van der Waals surface area contributed by atoms with E-state index in [1.807, 2.05) is 12.4 Å². The molecule has 2 heteroatoms. The van der Waals surface area contributed by atoms with E-state index in [0.717, 1.165) is 22.5 Å². The second-order valence-electron chi connectivity index (χ2n) is 8.41. The molecule has 0 atom stereocenters. The summed E-state index contributed by atoms with van der Waals surface area (Å²) >= 11 is 0. The Bertz CT molecular complexity index is 1070. The summed E-state index contributed by atoms with van der Waals surface area (Å²) < 4.78 is 0. The van der Waals surface area contributed by atoms with Gasteiger partial charge in [-0.1, -0.05) is 47.5 Å². The molecule has 0 saturated carbocycles. The Morgan fingerprint density at radius 3 is 1.07 bits per heavy atom. The summed E-state index contributed by atoms with van der Waals surface area (Å²) in [5.41, 5.74) is 14.4. The van der Waals surface area contributed by atoms with Gasteiger partial charge in [-0.15, -0.1) is 0 Å². The van der Waals surface area contributed by atoms with Crippen LogP contribution in [0.5, 0.6) is 0 Å². The van der Waals surface area contributed by atoms with Crippen molar-refractivity contribution in [2.45, 2.75) is 41.5 Å². The molecule has 0 fully saturated rings.